The lowest BCUT2D eigenvalue weighted by Crippen LogP contribution is -2.41. The van der Waals surface area contributed by atoms with Crippen LogP contribution < -0.4 is 5.32 Å². The van der Waals surface area contributed by atoms with E-state index in [0.717, 1.165) is 0 Å². The third kappa shape index (κ3) is 5.74. The average molecular weight is 415 g/mol. The molecule has 29 heavy (non-hydrogen) atoms. The first kappa shape index (κ1) is 21.2. The summed E-state index contributed by atoms with van der Waals surface area (Å²) in [5.74, 6) is 0.0554. The summed E-state index contributed by atoms with van der Waals surface area (Å²) in [4.78, 5) is 24.4. The number of benzene rings is 2. The number of nitrogens with one attached hydrogen (secondary N) is 1. The van der Waals surface area contributed by atoms with E-state index in [4.69, 9.17) is 0 Å². The minimum absolute atomic E-state index is 0.0415. The zero-order valence-corrected chi connectivity index (χ0v) is 17.1. The number of Topliss-reactive ketones (excluding diaryl/α,β-unsaturated/α-hetero) is 1. The van der Waals surface area contributed by atoms with Gasteiger partial charge in [-0.05, 0) is 30.9 Å². The third-order valence-corrected chi connectivity index (χ3v) is 7.13. The highest BCUT2D eigenvalue weighted by atomic mass is 32.2. The van der Waals surface area contributed by atoms with E-state index in [1.807, 2.05) is 6.07 Å². The van der Waals surface area contributed by atoms with Gasteiger partial charge in [0.1, 0.15) is 0 Å². The van der Waals surface area contributed by atoms with Crippen LogP contribution in [0, 0.1) is 5.92 Å². The Balaban J connectivity index is 1.40. The molecule has 1 N–H and O–H groups in total. The number of rotatable bonds is 8. The highest BCUT2D eigenvalue weighted by Crippen LogP contribution is 2.23. The first-order chi connectivity index (χ1) is 14.0. The quantitative estimate of drug-likeness (QED) is 0.673. The monoisotopic (exact) mass is 414 g/mol. The third-order valence-electron chi connectivity index (χ3n) is 5.22. The number of hydrogen-bond acceptors (Lipinski definition) is 4. The minimum Gasteiger partial charge on any atom is -0.356 e. The summed E-state index contributed by atoms with van der Waals surface area (Å²) in [5.41, 5.74) is 0.618. The molecule has 6 nitrogen and oxygen atoms in total. The van der Waals surface area contributed by atoms with Crippen LogP contribution in [0.2, 0.25) is 0 Å². The maximum absolute atomic E-state index is 12.7. The fourth-order valence-corrected chi connectivity index (χ4v) is 4.93. The van der Waals surface area contributed by atoms with Crippen LogP contribution in [0.1, 0.15) is 36.0 Å². The molecular formula is C22H26N2O4S. The summed E-state index contributed by atoms with van der Waals surface area (Å²) in [5, 5.41) is 2.89. The molecule has 0 aliphatic carbocycles. The second kappa shape index (κ2) is 9.80. The Bertz CT molecular complexity index is 922. The van der Waals surface area contributed by atoms with Crippen molar-refractivity contribution in [3.05, 3.63) is 66.2 Å². The number of sulfonamides is 1. The van der Waals surface area contributed by atoms with Gasteiger partial charge in [-0.25, -0.2) is 8.42 Å². The predicted octanol–water partition coefficient (Wildman–Crippen LogP) is 2.87. The molecule has 1 heterocycles. The van der Waals surface area contributed by atoms with Gasteiger partial charge < -0.3 is 5.32 Å². The molecule has 1 aliphatic heterocycles. The van der Waals surface area contributed by atoms with Gasteiger partial charge in [-0.2, -0.15) is 4.31 Å². The van der Waals surface area contributed by atoms with E-state index >= 15 is 0 Å². The zero-order chi connectivity index (χ0) is 20.7. The first-order valence-corrected chi connectivity index (χ1v) is 11.3. The Hall–Kier alpha value is -2.51. The largest absolute Gasteiger partial charge is 0.356 e. The van der Waals surface area contributed by atoms with E-state index in [1.54, 1.807) is 54.6 Å². The lowest BCUT2D eigenvalue weighted by molar-refractivity contribution is -0.121. The van der Waals surface area contributed by atoms with E-state index in [1.165, 1.54) is 4.31 Å². The van der Waals surface area contributed by atoms with Crippen molar-refractivity contribution in [1.29, 1.82) is 0 Å². The van der Waals surface area contributed by atoms with Crippen molar-refractivity contribution in [3.8, 4) is 0 Å². The molecule has 0 unspecified atom stereocenters. The summed E-state index contributed by atoms with van der Waals surface area (Å²) in [6, 6.07) is 17.4. The van der Waals surface area contributed by atoms with E-state index in [2.05, 4.69) is 5.32 Å². The topological polar surface area (TPSA) is 83.6 Å². The van der Waals surface area contributed by atoms with Crippen molar-refractivity contribution in [1.82, 2.24) is 9.62 Å². The number of hydrogen-bond donors (Lipinski definition) is 1. The predicted molar refractivity (Wildman–Crippen MR) is 111 cm³/mol. The zero-order valence-electron chi connectivity index (χ0n) is 16.3. The molecular weight excluding hydrogens is 388 g/mol. The molecule has 0 radical (unpaired) electrons. The molecule has 0 saturated carbocycles. The van der Waals surface area contributed by atoms with Gasteiger partial charge in [0.15, 0.2) is 5.78 Å². The van der Waals surface area contributed by atoms with Crippen molar-refractivity contribution in [2.24, 2.45) is 5.92 Å². The summed E-state index contributed by atoms with van der Waals surface area (Å²) in [6.07, 6.45) is 1.75. The molecule has 1 fully saturated rings. The lowest BCUT2D eigenvalue weighted by atomic mass is 9.98. The second-order valence-corrected chi connectivity index (χ2v) is 9.19. The normalized spacial score (nSPS) is 15.7. The van der Waals surface area contributed by atoms with E-state index in [9.17, 15) is 18.0 Å². The van der Waals surface area contributed by atoms with Gasteiger partial charge in [-0.15, -0.1) is 0 Å². The van der Waals surface area contributed by atoms with Gasteiger partial charge in [0.2, 0.25) is 15.9 Å². The van der Waals surface area contributed by atoms with Crippen LogP contribution in [0.25, 0.3) is 0 Å². The van der Waals surface area contributed by atoms with Crippen LogP contribution in [0.3, 0.4) is 0 Å². The Morgan fingerprint density at radius 1 is 0.897 bits per heavy atom. The van der Waals surface area contributed by atoms with Crippen LogP contribution in [-0.4, -0.2) is 44.0 Å². The Labute approximate surface area is 172 Å². The Morgan fingerprint density at radius 2 is 1.48 bits per heavy atom. The molecule has 2 aromatic rings. The molecule has 2 aromatic carbocycles. The summed E-state index contributed by atoms with van der Waals surface area (Å²) in [6.45, 7) is 1.41. The fraction of sp³-hybridized carbons (Fsp3) is 0.364. The molecule has 0 atom stereocenters. The Kier molecular flexibility index (Phi) is 7.17. The molecule has 1 amide bonds. The molecule has 1 aliphatic rings. The number of carbonyl (C=O) groups excluding carboxylic acids is 2. The highest BCUT2D eigenvalue weighted by molar-refractivity contribution is 7.89. The van der Waals surface area contributed by atoms with E-state index in [0.29, 0.717) is 42.9 Å². The van der Waals surface area contributed by atoms with Gasteiger partial charge >= 0.3 is 0 Å². The van der Waals surface area contributed by atoms with Gasteiger partial charge in [0.25, 0.3) is 0 Å². The van der Waals surface area contributed by atoms with Crippen LogP contribution in [0.15, 0.2) is 65.6 Å². The smallest absolute Gasteiger partial charge is 0.243 e. The van der Waals surface area contributed by atoms with Crippen molar-refractivity contribution in [3.63, 3.8) is 0 Å². The molecule has 154 valence electrons. The summed E-state index contributed by atoms with van der Waals surface area (Å²) >= 11 is 0. The van der Waals surface area contributed by atoms with Gasteiger partial charge in [0.05, 0.1) is 4.90 Å². The van der Waals surface area contributed by atoms with Crippen LogP contribution in [0.4, 0.5) is 0 Å². The second-order valence-electron chi connectivity index (χ2n) is 7.25. The summed E-state index contributed by atoms with van der Waals surface area (Å²) < 4.78 is 26.8. The lowest BCUT2D eigenvalue weighted by Gasteiger charge is -2.31. The fourth-order valence-electron chi connectivity index (χ4n) is 3.44. The number of carbonyl (C=O) groups is 2. The average Bonchev–Trinajstić information content (AvgIpc) is 2.77. The molecule has 3 rings (SSSR count). The first-order valence-electron chi connectivity index (χ1n) is 9.87. The standard InChI is InChI=1S/C22H26N2O4S/c25-21(19-7-3-1-4-8-19)11-12-22(26)23-17-18-13-15-24(16-14-18)29(27,28)20-9-5-2-6-10-20/h1-10,18H,11-17H2,(H,23,26). The number of piperidine rings is 1. The Morgan fingerprint density at radius 3 is 2.10 bits per heavy atom. The van der Waals surface area contributed by atoms with Crippen molar-refractivity contribution < 1.29 is 18.0 Å². The summed E-state index contributed by atoms with van der Waals surface area (Å²) in [7, 11) is -3.45. The minimum atomic E-state index is -3.45. The van der Waals surface area contributed by atoms with Crippen LogP contribution in [-0.2, 0) is 14.8 Å². The number of amides is 1. The maximum atomic E-state index is 12.7. The van der Waals surface area contributed by atoms with E-state index in [-0.39, 0.29) is 30.4 Å². The van der Waals surface area contributed by atoms with Crippen molar-refractivity contribution in [2.75, 3.05) is 19.6 Å². The SMILES string of the molecule is O=C(CCC(=O)c1ccccc1)NCC1CCN(S(=O)(=O)c2ccccc2)CC1. The molecule has 0 aromatic heterocycles. The van der Waals surface area contributed by atoms with E-state index < -0.39 is 10.0 Å². The molecule has 7 heteroatoms. The highest BCUT2D eigenvalue weighted by Gasteiger charge is 2.29. The van der Waals surface area contributed by atoms with Gasteiger partial charge in [0, 0.05) is 38.0 Å². The number of ketones is 1. The number of nitrogens with zero attached hydrogens (tertiary/aromatic N) is 1. The van der Waals surface area contributed by atoms with Gasteiger partial charge in [-0.1, -0.05) is 48.5 Å². The van der Waals surface area contributed by atoms with Crippen LogP contribution >= 0.6 is 0 Å². The molecule has 0 spiro atoms. The van der Waals surface area contributed by atoms with Gasteiger partial charge in [-0.3, -0.25) is 9.59 Å². The molecule has 0 bridgehead atoms. The molecule has 1 saturated heterocycles. The maximum Gasteiger partial charge on any atom is 0.243 e. The van der Waals surface area contributed by atoms with Crippen molar-refractivity contribution >= 4 is 21.7 Å². The van der Waals surface area contributed by atoms with Crippen molar-refractivity contribution in [2.45, 2.75) is 30.6 Å². The van der Waals surface area contributed by atoms with Crippen LogP contribution in [0.5, 0.6) is 0 Å².